The summed E-state index contributed by atoms with van der Waals surface area (Å²) in [7, 11) is 1.83. The number of hydrogen-bond donors (Lipinski definition) is 4. The SMILES string of the molecule is Cn1ccc(OC2(C(=O)N3CCC4(CC3)CNC4)CCN(C(/C=C(\N)c3ccccc3O)=C/N)CC2)n1. The Bertz CT molecular complexity index is 1180. The maximum atomic E-state index is 14.0. The number of aromatic nitrogens is 2. The van der Waals surface area contributed by atoms with E-state index in [-0.39, 0.29) is 11.7 Å². The number of carbonyl (C=O) groups is 1. The van der Waals surface area contributed by atoms with E-state index in [0.29, 0.717) is 48.5 Å². The van der Waals surface area contributed by atoms with Gasteiger partial charge in [0.1, 0.15) is 5.75 Å². The number of para-hydroxylation sites is 1. The summed E-state index contributed by atoms with van der Waals surface area (Å²) < 4.78 is 8.09. The Balaban J connectivity index is 1.32. The van der Waals surface area contributed by atoms with Crippen molar-refractivity contribution in [3.63, 3.8) is 0 Å². The number of allylic oxidation sites excluding steroid dienone is 1. The third-order valence-electron chi connectivity index (χ3n) is 8.12. The van der Waals surface area contributed by atoms with Gasteiger partial charge in [0.2, 0.25) is 5.88 Å². The molecule has 3 saturated heterocycles. The molecule has 0 atom stereocenters. The molecule has 10 heteroatoms. The summed E-state index contributed by atoms with van der Waals surface area (Å²) in [5.41, 5.74) is 13.4. The van der Waals surface area contributed by atoms with Gasteiger partial charge < -0.3 is 36.4 Å². The summed E-state index contributed by atoms with van der Waals surface area (Å²) in [4.78, 5) is 18.1. The van der Waals surface area contributed by atoms with Crippen molar-refractivity contribution in [1.29, 1.82) is 0 Å². The van der Waals surface area contributed by atoms with Gasteiger partial charge in [-0.2, -0.15) is 0 Å². The first-order chi connectivity index (χ1) is 17.8. The minimum Gasteiger partial charge on any atom is -0.507 e. The van der Waals surface area contributed by atoms with Gasteiger partial charge in [0.05, 0.1) is 5.70 Å². The zero-order valence-electron chi connectivity index (χ0n) is 21.4. The summed E-state index contributed by atoms with van der Waals surface area (Å²) in [5.74, 6) is 0.613. The number of aromatic hydroxyl groups is 1. The molecular formula is C27H37N7O3. The van der Waals surface area contributed by atoms with Gasteiger partial charge in [-0.05, 0) is 36.5 Å². The molecular weight excluding hydrogens is 470 g/mol. The average molecular weight is 508 g/mol. The Kier molecular flexibility index (Phi) is 6.76. The zero-order chi connectivity index (χ0) is 26.0. The Hall–Kier alpha value is -3.66. The number of piperidine rings is 2. The van der Waals surface area contributed by atoms with Crippen molar-refractivity contribution in [3.8, 4) is 11.6 Å². The van der Waals surface area contributed by atoms with E-state index >= 15 is 0 Å². The number of phenolic OH excluding ortho intramolecular Hbond substituents is 1. The molecule has 1 spiro atoms. The number of phenols is 1. The molecule has 0 bridgehead atoms. The van der Waals surface area contributed by atoms with E-state index in [2.05, 4.69) is 15.3 Å². The van der Waals surface area contributed by atoms with Crippen LogP contribution in [0.1, 0.15) is 31.2 Å². The standard InChI is InChI=1S/C27H37N7O3/c1-32-11-6-24(31-32)37-27(25(36)34-12-7-26(8-13-34)18-30-19-26)9-14-33(15-10-27)20(17-28)16-22(29)21-4-2-3-5-23(21)35/h2-6,11,16-17,30,35H,7-10,12-15,18-19,28-29H2,1H3/b20-17+,22-16-. The highest BCUT2D eigenvalue weighted by Crippen LogP contribution is 2.38. The molecule has 10 nitrogen and oxygen atoms in total. The topological polar surface area (TPSA) is 135 Å². The number of nitrogens with two attached hydrogens (primary N) is 2. The molecule has 3 fully saturated rings. The van der Waals surface area contributed by atoms with Crippen LogP contribution in [0.15, 0.2) is 54.5 Å². The zero-order valence-corrected chi connectivity index (χ0v) is 21.4. The van der Waals surface area contributed by atoms with Crippen LogP contribution in [0.25, 0.3) is 5.70 Å². The van der Waals surface area contributed by atoms with Gasteiger partial charge in [0, 0.05) is 88.9 Å². The summed E-state index contributed by atoms with van der Waals surface area (Å²) in [6, 6.07) is 8.73. The van der Waals surface area contributed by atoms with E-state index in [1.165, 1.54) is 6.20 Å². The van der Waals surface area contributed by atoms with Gasteiger partial charge in [0.15, 0.2) is 5.60 Å². The molecule has 6 N–H and O–H groups in total. The molecule has 37 heavy (non-hydrogen) atoms. The molecule has 4 heterocycles. The van der Waals surface area contributed by atoms with Crippen LogP contribution in [-0.2, 0) is 11.8 Å². The fraction of sp³-hybridized carbons (Fsp3) is 0.481. The van der Waals surface area contributed by atoms with Crippen LogP contribution in [0.4, 0.5) is 0 Å². The summed E-state index contributed by atoms with van der Waals surface area (Å²) in [6.45, 7) is 4.73. The molecule has 1 aromatic heterocycles. The highest BCUT2D eigenvalue weighted by molar-refractivity contribution is 5.86. The van der Waals surface area contributed by atoms with E-state index in [9.17, 15) is 9.90 Å². The summed E-state index contributed by atoms with van der Waals surface area (Å²) >= 11 is 0. The predicted octanol–water partition coefficient (Wildman–Crippen LogP) is 1.35. The minimum absolute atomic E-state index is 0.0440. The van der Waals surface area contributed by atoms with E-state index in [1.54, 1.807) is 35.0 Å². The Morgan fingerprint density at radius 2 is 1.76 bits per heavy atom. The van der Waals surface area contributed by atoms with Crippen molar-refractivity contribution >= 4 is 11.6 Å². The Morgan fingerprint density at radius 1 is 1.08 bits per heavy atom. The smallest absolute Gasteiger partial charge is 0.266 e. The van der Waals surface area contributed by atoms with Crippen LogP contribution in [0.2, 0.25) is 0 Å². The van der Waals surface area contributed by atoms with E-state index in [4.69, 9.17) is 16.2 Å². The molecule has 0 unspecified atom stereocenters. The van der Waals surface area contributed by atoms with E-state index < -0.39 is 5.60 Å². The Labute approximate surface area is 217 Å². The van der Waals surface area contributed by atoms with Gasteiger partial charge in [-0.25, -0.2) is 0 Å². The fourth-order valence-electron chi connectivity index (χ4n) is 5.64. The number of likely N-dealkylation sites (tertiary alicyclic amines) is 2. The van der Waals surface area contributed by atoms with Crippen molar-refractivity contribution < 1.29 is 14.6 Å². The minimum atomic E-state index is -0.986. The van der Waals surface area contributed by atoms with Crippen LogP contribution in [-0.4, -0.2) is 75.5 Å². The maximum absolute atomic E-state index is 14.0. The molecule has 0 saturated carbocycles. The van der Waals surface area contributed by atoms with Gasteiger partial charge >= 0.3 is 0 Å². The van der Waals surface area contributed by atoms with E-state index in [1.807, 2.05) is 24.2 Å². The Morgan fingerprint density at radius 3 is 2.32 bits per heavy atom. The van der Waals surface area contributed by atoms with Gasteiger partial charge in [-0.15, -0.1) is 5.10 Å². The van der Waals surface area contributed by atoms with Crippen LogP contribution < -0.4 is 21.5 Å². The first-order valence-electron chi connectivity index (χ1n) is 12.9. The molecule has 3 aliphatic rings. The second-order valence-electron chi connectivity index (χ2n) is 10.5. The quantitative estimate of drug-likeness (QED) is 0.431. The fourth-order valence-corrected chi connectivity index (χ4v) is 5.64. The number of nitrogens with one attached hydrogen (secondary N) is 1. The number of rotatable bonds is 6. The van der Waals surface area contributed by atoms with Crippen LogP contribution in [0.5, 0.6) is 11.6 Å². The molecule has 198 valence electrons. The molecule has 1 amide bonds. The number of amides is 1. The lowest BCUT2D eigenvalue weighted by Crippen LogP contribution is -2.63. The summed E-state index contributed by atoms with van der Waals surface area (Å²) in [6.07, 6.45) is 8.12. The average Bonchev–Trinajstić information content (AvgIpc) is 3.30. The van der Waals surface area contributed by atoms with Crippen molar-refractivity contribution in [2.75, 3.05) is 39.3 Å². The van der Waals surface area contributed by atoms with Gasteiger partial charge in [-0.1, -0.05) is 12.1 Å². The lowest BCUT2D eigenvalue weighted by molar-refractivity contribution is -0.155. The van der Waals surface area contributed by atoms with Crippen LogP contribution >= 0.6 is 0 Å². The molecule has 0 aliphatic carbocycles. The van der Waals surface area contributed by atoms with E-state index in [0.717, 1.165) is 44.7 Å². The van der Waals surface area contributed by atoms with Crippen LogP contribution in [0, 0.1) is 5.41 Å². The third-order valence-corrected chi connectivity index (χ3v) is 8.12. The highest BCUT2D eigenvalue weighted by atomic mass is 16.5. The van der Waals surface area contributed by atoms with Gasteiger partial charge in [0.25, 0.3) is 5.91 Å². The number of hydrogen-bond acceptors (Lipinski definition) is 8. The number of nitrogens with zero attached hydrogens (tertiary/aromatic N) is 4. The lowest BCUT2D eigenvalue weighted by atomic mass is 9.73. The predicted molar refractivity (Wildman–Crippen MR) is 141 cm³/mol. The number of carbonyl (C=O) groups excluding carboxylic acids is 1. The molecule has 5 rings (SSSR count). The molecule has 0 radical (unpaired) electrons. The normalized spacial score (nSPS) is 21.5. The number of aryl methyl sites for hydroxylation is 1. The second kappa shape index (κ2) is 10.0. The van der Waals surface area contributed by atoms with Gasteiger partial charge in [-0.3, -0.25) is 9.48 Å². The molecule has 2 aromatic rings. The highest BCUT2D eigenvalue weighted by Gasteiger charge is 2.49. The van der Waals surface area contributed by atoms with Crippen molar-refractivity contribution in [3.05, 3.63) is 60.1 Å². The first kappa shape index (κ1) is 25.0. The molecule has 3 aliphatic heterocycles. The van der Waals surface area contributed by atoms with Crippen molar-refractivity contribution in [2.45, 2.75) is 31.3 Å². The largest absolute Gasteiger partial charge is 0.507 e. The third kappa shape index (κ3) is 4.98. The molecule has 1 aromatic carbocycles. The summed E-state index contributed by atoms with van der Waals surface area (Å²) in [5, 5.41) is 17.9. The lowest BCUT2D eigenvalue weighted by Gasteiger charge is -2.50. The first-order valence-corrected chi connectivity index (χ1v) is 12.9. The number of benzene rings is 1. The van der Waals surface area contributed by atoms with Crippen molar-refractivity contribution in [1.82, 2.24) is 24.9 Å². The number of ether oxygens (including phenoxy) is 1. The van der Waals surface area contributed by atoms with Crippen LogP contribution in [0.3, 0.4) is 0 Å². The monoisotopic (exact) mass is 507 g/mol. The second-order valence-corrected chi connectivity index (χ2v) is 10.5. The van der Waals surface area contributed by atoms with Crippen molar-refractivity contribution in [2.24, 2.45) is 23.9 Å². The maximum Gasteiger partial charge on any atom is 0.266 e.